The first-order valence-electron chi connectivity index (χ1n) is 12.8. The Morgan fingerprint density at radius 1 is 1.24 bits per heavy atom. The molecule has 5 N–H and O–H groups in total. The highest BCUT2D eigenvalue weighted by Crippen LogP contribution is 2.26. The van der Waals surface area contributed by atoms with Gasteiger partial charge in [0, 0.05) is 58.8 Å². The van der Waals surface area contributed by atoms with Crippen molar-refractivity contribution in [3.8, 4) is 0 Å². The first-order valence-corrected chi connectivity index (χ1v) is 12.8. The quantitative estimate of drug-likeness (QED) is 0.277. The van der Waals surface area contributed by atoms with Crippen LogP contribution in [0.25, 0.3) is 0 Å². The standard InChI is InChI=1S/C25H38N6O6/c1-17(32)30(2)14-9-20(33)29-21(23(34)35)25(37)10-15-31(16-11-25)24(36)27-13-4-6-19-8-7-18-5-3-12-26-22(18)28-19/h7-8,21,37H,3-6,9-16H2,1-2H3,(H,26,28)(H,27,36)(H,29,33)(H,34,35). The van der Waals surface area contributed by atoms with Crippen molar-refractivity contribution in [1.29, 1.82) is 0 Å². The molecule has 37 heavy (non-hydrogen) atoms. The number of aliphatic carboxylic acids is 1. The molecule has 0 saturated carbocycles. The number of likely N-dealkylation sites (tertiary alicyclic amines) is 1. The summed E-state index contributed by atoms with van der Waals surface area (Å²) in [7, 11) is 1.54. The molecule has 4 amide bonds. The smallest absolute Gasteiger partial charge is 0.329 e. The van der Waals surface area contributed by atoms with Crippen molar-refractivity contribution < 1.29 is 29.4 Å². The van der Waals surface area contributed by atoms with Crippen molar-refractivity contribution in [3.63, 3.8) is 0 Å². The second-order valence-corrected chi connectivity index (χ2v) is 9.80. The fraction of sp³-hybridized carbons (Fsp3) is 0.640. The van der Waals surface area contributed by atoms with E-state index < -0.39 is 23.5 Å². The van der Waals surface area contributed by atoms with Crippen molar-refractivity contribution in [2.75, 3.05) is 45.1 Å². The summed E-state index contributed by atoms with van der Waals surface area (Å²) in [5, 5.41) is 29.2. The number of anilines is 1. The van der Waals surface area contributed by atoms with Gasteiger partial charge in [0.15, 0.2) is 6.04 Å². The number of aryl methyl sites for hydroxylation is 2. The third kappa shape index (κ3) is 7.78. The van der Waals surface area contributed by atoms with Crippen LogP contribution < -0.4 is 16.0 Å². The molecule has 1 aromatic rings. The van der Waals surface area contributed by atoms with Gasteiger partial charge in [0.2, 0.25) is 11.8 Å². The van der Waals surface area contributed by atoms with Crippen molar-refractivity contribution in [2.45, 2.75) is 63.5 Å². The highest BCUT2D eigenvalue weighted by atomic mass is 16.4. The Hall–Kier alpha value is -3.41. The van der Waals surface area contributed by atoms with E-state index in [9.17, 15) is 29.4 Å². The summed E-state index contributed by atoms with van der Waals surface area (Å²) in [5.74, 6) is -1.18. The van der Waals surface area contributed by atoms with Gasteiger partial charge >= 0.3 is 12.0 Å². The van der Waals surface area contributed by atoms with Gasteiger partial charge in [-0.05, 0) is 50.2 Å². The Kier molecular flexibility index (Phi) is 9.67. The zero-order chi connectivity index (χ0) is 27.0. The van der Waals surface area contributed by atoms with Gasteiger partial charge < -0.3 is 36.0 Å². The average Bonchev–Trinajstić information content (AvgIpc) is 2.88. The van der Waals surface area contributed by atoms with E-state index in [0.29, 0.717) is 6.54 Å². The van der Waals surface area contributed by atoms with Gasteiger partial charge in [-0.25, -0.2) is 14.6 Å². The van der Waals surface area contributed by atoms with E-state index in [-0.39, 0.29) is 50.8 Å². The Balaban J connectivity index is 1.42. The minimum atomic E-state index is -1.68. The number of nitrogens with one attached hydrogen (secondary N) is 3. The summed E-state index contributed by atoms with van der Waals surface area (Å²) in [6.45, 7) is 3.23. The van der Waals surface area contributed by atoms with Crippen molar-refractivity contribution in [1.82, 2.24) is 25.4 Å². The van der Waals surface area contributed by atoms with Crippen LogP contribution in [0.4, 0.5) is 10.6 Å². The number of piperidine rings is 1. The third-order valence-electron chi connectivity index (χ3n) is 7.06. The molecule has 1 fully saturated rings. The fourth-order valence-electron chi connectivity index (χ4n) is 4.56. The lowest BCUT2D eigenvalue weighted by Gasteiger charge is -2.41. The molecule has 0 spiro atoms. The summed E-state index contributed by atoms with van der Waals surface area (Å²) in [6.07, 6.45) is 3.54. The molecule has 12 nitrogen and oxygen atoms in total. The summed E-state index contributed by atoms with van der Waals surface area (Å²) in [4.78, 5) is 55.5. The number of hydrogen-bond donors (Lipinski definition) is 5. The number of hydrogen-bond acceptors (Lipinski definition) is 7. The van der Waals surface area contributed by atoms with E-state index in [1.165, 1.54) is 22.3 Å². The van der Waals surface area contributed by atoms with Gasteiger partial charge in [0.1, 0.15) is 5.82 Å². The number of rotatable bonds is 10. The van der Waals surface area contributed by atoms with Crippen LogP contribution in [0.2, 0.25) is 0 Å². The molecular formula is C25H38N6O6. The zero-order valence-electron chi connectivity index (χ0n) is 21.6. The molecule has 1 atom stereocenters. The molecule has 204 valence electrons. The molecule has 3 rings (SSSR count). The fourth-order valence-corrected chi connectivity index (χ4v) is 4.56. The van der Waals surface area contributed by atoms with Gasteiger partial charge in [-0.3, -0.25) is 9.59 Å². The Bertz CT molecular complexity index is 994. The minimum absolute atomic E-state index is 0.0110. The molecule has 0 bridgehead atoms. The molecular weight excluding hydrogens is 480 g/mol. The van der Waals surface area contributed by atoms with Crippen LogP contribution in [0.5, 0.6) is 0 Å². The molecule has 1 saturated heterocycles. The Labute approximate surface area is 216 Å². The molecule has 1 aromatic heterocycles. The highest BCUT2D eigenvalue weighted by Gasteiger charge is 2.45. The van der Waals surface area contributed by atoms with Crippen LogP contribution in [-0.2, 0) is 27.2 Å². The number of aromatic nitrogens is 1. The van der Waals surface area contributed by atoms with E-state index in [1.807, 2.05) is 6.07 Å². The van der Waals surface area contributed by atoms with E-state index in [2.05, 4.69) is 27.0 Å². The number of pyridine rings is 1. The molecule has 0 aromatic carbocycles. The van der Waals surface area contributed by atoms with E-state index >= 15 is 0 Å². The van der Waals surface area contributed by atoms with Gasteiger partial charge in [-0.2, -0.15) is 0 Å². The third-order valence-corrected chi connectivity index (χ3v) is 7.06. The number of aliphatic hydroxyl groups is 1. The molecule has 0 aliphatic carbocycles. The number of carbonyl (C=O) groups excluding carboxylic acids is 3. The van der Waals surface area contributed by atoms with Crippen LogP contribution in [0, 0.1) is 0 Å². The number of amides is 4. The SMILES string of the molecule is CC(=O)N(C)CCC(=O)NC(C(=O)O)C1(O)CCN(C(=O)NCCCc2ccc3c(n2)NCCC3)CC1. The molecule has 2 aliphatic heterocycles. The Morgan fingerprint density at radius 2 is 1.97 bits per heavy atom. The number of nitrogens with zero attached hydrogens (tertiary/aromatic N) is 3. The lowest BCUT2D eigenvalue weighted by molar-refractivity contribution is -0.153. The van der Waals surface area contributed by atoms with Crippen molar-refractivity contribution in [2.24, 2.45) is 0 Å². The van der Waals surface area contributed by atoms with Gasteiger partial charge in [0.25, 0.3) is 0 Å². The van der Waals surface area contributed by atoms with Crippen LogP contribution in [-0.4, -0.2) is 100 Å². The first-order chi connectivity index (χ1) is 17.6. The first kappa shape index (κ1) is 28.2. The number of urea groups is 1. The molecule has 1 unspecified atom stereocenters. The van der Waals surface area contributed by atoms with Crippen molar-refractivity contribution >= 4 is 29.6 Å². The zero-order valence-corrected chi connectivity index (χ0v) is 21.6. The maximum atomic E-state index is 12.6. The second-order valence-electron chi connectivity index (χ2n) is 9.80. The summed E-state index contributed by atoms with van der Waals surface area (Å²) < 4.78 is 0. The lowest BCUT2D eigenvalue weighted by Crippen LogP contribution is -2.62. The average molecular weight is 519 g/mol. The van der Waals surface area contributed by atoms with Crippen molar-refractivity contribution in [3.05, 3.63) is 23.4 Å². The maximum Gasteiger partial charge on any atom is 0.329 e. The number of carbonyl (C=O) groups is 4. The predicted octanol–water partition coefficient (Wildman–Crippen LogP) is 0.347. The van der Waals surface area contributed by atoms with E-state index in [0.717, 1.165) is 43.7 Å². The summed E-state index contributed by atoms with van der Waals surface area (Å²) in [5.41, 5.74) is 0.524. The number of carboxylic acid groups (broad SMARTS) is 1. The lowest BCUT2D eigenvalue weighted by atomic mass is 9.84. The summed E-state index contributed by atoms with van der Waals surface area (Å²) >= 11 is 0. The van der Waals surface area contributed by atoms with Crippen LogP contribution in [0.15, 0.2) is 12.1 Å². The number of carboxylic acids is 1. The highest BCUT2D eigenvalue weighted by molar-refractivity contribution is 5.85. The molecule has 0 radical (unpaired) electrons. The topological polar surface area (TPSA) is 164 Å². The summed E-state index contributed by atoms with van der Waals surface area (Å²) in [6, 6.07) is 2.35. The molecule has 12 heteroatoms. The van der Waals surface area contributed by atoms with Crippen LogP contribution in [0.1, 0.15) is 50.3 Å². The predicted molar refractivity (Wildman–Crippen MR) is 136 cm³/mol. The van der Waals surface area contributed by atoms with Gasteiger partial charge in [-0.15, -0.1) is 0 Å². The second kappa shape index (κ2) is 12.7. The molecule has 2 aliphatic rings. The van der Waals surface area contributed by atoms with Gasteiger partial charge in [-0.1, -0.05) is 6.07 Å². The number of fused-ring (bicyclic) bond motifs is 1. The van der Waals surface area contributed by atoms with E-state index in [4.69, 9.17) is 0 Å². The van der Waals surface area contributed by atoms with E-state index in [1.54, 1.807) is 7.05 Å². The molecule has 3 heterocycles. The minimum Gasteiger partial charge on any atom is -0.480 e. The maximum absolute atomic E-state index is 12.6. The normalized spacial score (nSPS) is 17.1. The monoisotopic (exact) mass is 518 g/mol. The Morgan fingerprint density at radius 3 is 2.65 bits per heavy atom. The van der Waals surface area contributed by atoms with Gasteiger partial charge in [0.05, 0.1) is 5.60 Å². The van der Waals surface area contributed by atoms with Crippen LogP contribution >= 0.6 is 0 Å². The largest absolute Gasteiger partial charge is 0.480 e. The van der Waals surface area contributed by atoms with Crippen LogP contribution in [0.3, 0.4) is 0 Å².